The summed E-state index contributed by atoms with van der Waals surface area (Å²) in [5.41, 5.74) is 2.46. The van der Waals surface area contributed by atoms with E-state index in [4.69, 9.17) is 4.74 Å². The molecular weight excluding hydrogens is 338 g/mol. The molecule has 132 valence electrons. The minimum atomic E-state index is -0.113. The van der Waals surface area contributed by atoms with Gasteiger partial charge >= 0.3 is 0 Å². The number of fused-ring (bicyclic) bond motifs is 1. The smallest absolute Gasteiger partial charge is 0.230 e. The quantitative estimate of drug-likeness (QED) is 0.556. The molecule has 0 fully saturated rings. The summed E-state index contributed by atoms with van der Waals surface area (Å²) in [5, 5.41) is 3.57. The molecule has 1 aromatic heterocycles. The SMILES string of the molecule is CC(=O)Nc1ccc(Oc2nc(-c3ccccc3)nc3ccccc23)cc1. The first-order valence-electron chi connectivity index (χ1n) is 8.57. The van der Waals surface area contributed by atoms with Gasteiger partial charge in [0.2, 0.25) is 11.8 Å². The van der Waals surface area contributed by atoms with Crippen molar-refractivity contribution in [3.05, 3.63) is 78.9 Å². The molecule has 27 heavy (non-hydrogen) atoms. The zero-order valence-electron chi connectivity index (χ0n) is 14.7. The number of carbonyl (C=O) groups excluding carboxylic acids is 1. The second-order valence-electron chi connectivity index (χ2n) is 6.04. The molecule has 4 rings (SSSR count). The molecule has 0 atom stereocenters. The molecule has 0 saturated carbocycles. The van der Waals surface area contributed by atoms with Crippen molar-refractivity contribution < 1.29 is 9.53 Å². The van der Waals surface area contributed by atoms with Crippen LogP contribution in [0.4, 0.5) is 5.69 Å². The molecule has 4 aromatic rings. The van der Waals surface area contributed by atoms with Crippen LogP contribution in [-0.2, 0) is 4.79 Å². The first kappa shape index (κ1) is 16.7. The molecule has 0 aliphatic rings. The van der Waals surface area contributed by atoms with E-state index < -0.39 is 0 Å². The lowest BCUT2D eigenvalue weighted by Crippen LogP contribution is -2.05. The van der Waals surface area contributed by atoms with Gasteiger partial charge in [-0.05, 0) is 36.4 Å². The van der Waals surface area contributed by atoms with Crippen LogP contribution in [0.25, 0.3) is 22.3 Å². The Morgan fingerprint density at radius 3 is 2.30 bits per heavy atom. The van der Waals surface area contributed by atoms with Gasteiger partial charge in [-0.1, -0.05) is 42.5 Å². The van der Waals surface area contributed by atoms with E-state index in [1.54, 1.807) is 24.3 Å². The number of hydrogen-bond donors (Lipinski definition) is 1. The van der Waals surface area contributed by atoms with Gasteiger partial charge in [0.15, 0.2) is 5.82 Å². The van der Waals surface area contributed by atoms with Crippen molar-refractivity contribution >= 4 is 22.5 Å². The van der Waals surface area contributed by atoms with Gasteiger partial charge in [0, 0.05) is 18.2 Å². The third kappa shape index (κ3) is 3.77. The van der Waals surface area contributed by atoms with E-state index in [9.17, 15) is 4.79 Å². The van der Waals surface area contributed by atoms with Crippen LogP contribution < -0.4 is 10.1 Å². The molecule has 5 heteroatoms. The highest BCUT2D eigenvalue weighted by Crippen LogP contribution is 2.30. The lowest BCUT2D eigenvalue weighted by atomic mass is 10.2. The van der Waals surface area contributed by atoms with Crippen LogP contribution in [0.5, 0.6) is 11.6 Å². The highest BCUT2D eigenvalue weighted by atomic mass is 16.5. The van der Waals surface area contributed by atoms with Gasteiger partial charge < -0.3 is 10.1 Å². The second kappa shape index (κ2) is 7.25. The van der Waals surface area contributed by atoms with E-state index in [0.717, 1.165) is 16.5 Å². The van der Waals surface area contributed by atoms with Gasteiger partial charge in [0.25, 0.3) is 0 Å². The highest BCUT2D eigenvalue weighted by molar-refractivity contribution is 5.88. The number of ether oxygens (including phenoxy) is 1. The number of amides is 1. The maximum absolute atomic E-state index is 11.1. The first-order valence-corrected chi connectivity index (χ1v) is 8.57. The lowest BCUT2D eigenvalue weighted by Gasteiger charge is -2.11. The maximum Gasteiger partial charge on any atom is 0.230 e. The third-order valence-corrected chi connectivity index (χ3v) is 3.99. The van der Waals surface area contributed by atoms with Gasteiger partial charge in [0.1, 0.15) is 5.75 Å². The lowest BCUT2D eigenvalue weighted by molar-refractivity contribution is -0.114. The van der Waals surface area contributed by atoms with Gasteiger partial charge in [-0.15, -0.1) is 0 Å². The number of benzene rings is 3. The van der Waals surface area contributed by atoms with E-state index in [2.05, 4.69) is 15.3 Å². The Kier molecular flexibility index (Phi) is 4.49. The Morgan fingerprint density at radius 1 is 0.852 bits per heavy atom. The second-order valence-corrected chi connectivity index (χ2v) is 6.04. The normalized spacial score (nSPS) is 10.6. The Morgan fingerprint density at radius 2 is 1.56 bits per heavy atom. The zero-order chi connectivity index (χ0) is 18.6. The number of nitrogens with one attached hydrogen (secondary N) is 1. The summed E-state index contributed by atoms with van der Waals surface area (Å²) in [5.74, 6) is 1.62. The Balaban J connectivity index is 1.73. The van der Waals surface area contributed by atoms with Crippen molar-refractivity contribution in [1.29, 1.82) is 0 Å². The summed E-state index contributed by atoms with van der Waals surface area (Å²) in [6.45, 7) is 1.47. The van der Waals surface area contributed by atoms with Crippen LogP contribution in [0.1, 0.15) is 6.92 Å². The summed E-state index contributed by atoms with van der Waals surface area (Å²) in [6, 6.07) is 24.7. The molecule has 0 radical (unpaired) electrons. The summed E-state index contributed by atoms with van der Waals surface area (Å²) >= 11 is 0. The van der Waals surface area contributed by atoms with Crippen LogP contribution in [0.15, 0.2) is 78.9 Å². The van der Waals surface area contributed by atoms with Crippen molar-refractivity contribution in [3.63, 3.8) is 0 Å². The Hall–Kier alpha value is -3.73. The topological polar surface area (TPSA) is 64.1 Å². The summed E-state index contributed by atoms with van der Waals surface area (Å²) < 4.78 is 6.05. The van der Waals surface area contributed by atoms with Crippen molar-refractivity contribution in [1.82, 2.24) is 9.97 Å². The molecule has 0 aliphatic carbocycles. The molecule has 1 amide bonds. The van der Waals surface area contributed by atoms with E-state index >= 15 is 0 Å². The molecule has 0 bridgehead atoms. The number of para-hydroxylation sites is 1. The number of nitrogens with zero attached hydrogens (tertiary/aromatic N) is 2. The minimum Gasteiger partial charge on any atom is -0.438 e. The first-order chi connectivity index (χ1) is 13.2. The Bertz CT molecular complexity index is 1090. The van der Waals surface area contributed by atoms with Crippen LogP contribution in [0.3, 0.4) is 0 Å². The molecule has 0 saturated heterocycles. The predicted molar refractivity (Wildman–Crippen MR) is 106 cm³/mol. The largest absolute Gasteiger partial charge is 0.438 e. The van der Waals surface area contributed by atoms with E-state index in [0.29, 0.717) is 23.1 Å². The average Bonchev–Trinajstić information content (AvgIpc) is 2.70. The molecule has 1 N–H and O–H groups in total. The number of carbonyl (C=O) groups is 1. The molecule has 0 aliphatic heterocycles. The number of rotatable bonds is 4. The summed E-state index contributed by atoms with van der Waals surface area (Å²) in [7, 11) is 0. The predicted octanol–water partition coefficient (Wildman–Crippen LogP) is 5.05. The van der Waals surface area contributed by atoms with E-state index in [1.807, 2.05) is 54.6 Å². The molecule has 0 unspecified atom stereocenters. The van der Waals surface area contributed by atoms with Gasteiger partial charge in [-0.2, -0.15) is 4.98 Å². The van der Waals surface area contributed by atoms with Crippen molar-refractivity contribution in [3.8, 4) is 23.0 Å². The minimum absolute atomic E-state index is 0.113. The molecule has 3 aromatic carbocycles. The fourth-order valence-electron chi connectivity index (χ4n) is 2.76. The fraction of sp³-hybridized carbons (Fsp3) is 0.0455. The van der Waals surface area contributed by atoms with Crippen LogP contribution in [0.2, 0.25) is 0 Å². The van der Waals surface area contributed by atoms with E-state index in [-0.39, 0.29) is 5.91 Å². The van der Waals surface area contributed by atoms with Gasteiger partial charge in [-0.3, -0.25) is 4.79 Å². The molecule has 0 spiro atoms. The average molecular weight is 355 g/mol. The maximum atomic E-state index is 11.1. The van der Waals surface area contributed by atoms with Crippen LogP contribution >= 0.6 is 0 Å². The fourth-order valence-corrected chi connectivity index (χ4v) is 2.76. The third-order valence-electron chi connectivity index (χ3n) is 3.99. The van der Waals surface area contributed by atoms with Crippen LogP contribution in [-0.4, -0.2) is 15.9 Å². The van der Waals surface area contributed by atoms with Gasteiger partial charge in [0.05, 0.1) is 10.9 Å². The number of anilines is 1. The molecular formula is C22H17N3O2. The van der Waals surface area contributed by atoms with Gasteiger partial charge in [-0.25, -0.2) is 4.98 Å². The van der Waals surface area contributed by atoms with Crippen molar-refractivity contribution in [2.45, 2.75) is 6.92 Å². The highest BCUT2D eigenvalue weighted by Gasteiger charge is 2.11. The molecule has 1 heterocycles. The number of hydrogen-bond acceptors (Lipinski definition) is 4. The van der Waals surface area contributed by atoms with Crippen molar-refractivity contribution in [2.75, 3.05) is 5.32 Å². The molecule has 5 nitrogen and oxygen atoms in total. The summed E-state index contributed by atoms with van der Waals surface area (Å²) in [4.78, 5) is 20.4. The Labute approximate surface area is 156 Å². The summed E-state index contributed by atoms with van der Waals surface area (Å²) in [6.07, 6.45) is 0. The zero-order valence-corrected chi connectivity index (χ0v) is 14.7. The standard InChI is InChI=1S/C22H17N3O2/c1-15(26)23-17-11-13-18(14-12-17)27-22-19-9-5-6-10-20(19)24-21(25-22)16-7-3-2-4-8-16/h2-14H,1H3,(H,23,26). The van der Waals surface area contributed by atoms with Crippen molar-refractivity contribution in [2.24, 2.45) is 0 Å². The monoisotopic (exact) mass is 355 g/mol. The number of aromatic nitrogens is 2. The van der Waals surface area contributed by atoms with Crippen LogP contribution in [0, 0.1) is 0 Å². The van der Waals surface area contributed by atoms with E-state index in [1.165, 1.54) is 6.92 Å².